The normalized spacial score (nSPS) is 11.6. The van der Waals surface area contributed by atoms with E-state index in [0.717, 1.165) is 24.1 Å². The van der Waals surface area contributed by atoms with Crippen LogP contribution in [0.1, 0.15) is 12.5 Å². The Morgan fingerprint density at radius 1 is 1.38 bits per heavy atom. The molecule has 2 nitrogen and oxygen atoms in total. The van der Waals surface area contributed by atoms with E-state index in [9.17, 15) is 13.2 Å². The van der Waals surface area contributed by atoms with Crippen LogP contribution in [0.2, 0.25) is 0 Å². The molecule has 0 fully saturated rings. The molecule has 0 amide bonds. The molecular weight excluding hydrogens is 285 g/mol. The molecule has 0 saturated heterocycles. The fourth-order valence-corrected chi connectivity index (χ4v) is 1.71. The second-order valence-corrected chi connectivity index (χ2v) is 3.96. The number of hydrogen-bond donors (Lipinski definition) is 0. The lowest BCUT2D eigenvalue weighted by atomic mass is 10.2. The lowest BCUT2D eigenvalue weighted by Crippen LogP contribution is -2.25. The summed E-state index contributed by atoms with van der Waals surface area (Å²) in [4.78, 5) is 5.72. The number of alkyl halides is 4. The van der Waals surface area contributed by atoms with Gasteiger partial charge in [-0.2, -0.15) is 13.2 Å². The number of halogens is 4. The Labute approximate surface area is 101 Å². The number of pyridine rings is 1. The van der Waals surface area contributed by atoms with Gasteiger partial charge in [0.25, 0.3) is 0 Å². The van der Waals surface area contributed by atoms with Gasteiger partial charge in [0.2, 0.25) is 0 Å². The Kier molecular flexibility index (Phi) is 4.58. The molecule has 1 aromatic heterocycles. The Hall–Kier alpha value is -0.780. The summed E-state index contributed by atoms with van der Waals surface area (Å²) in [5.74, 6) is 0.565. The van der Waals surface area contributed by atoms with E-state index in [0.29, 0.717) is 12.4 Å². The number of anilines is 1. The van der Waals surface area contributed by atoms with E-state index < -0.39 is 11.7 Å². The largest absolute Gasteiger partial charge is 0.417 e. The molecule has 0 radical (unpaired) electrons. The van der Waals surface area contributed by atoms with Crippen molar-refractivity contribution in [3.05, 3.63) is 23.9 Å². The minimum Gasteiger partial charge on any atom is -0.356 e. The number of hydrogen-bond acceptors (Lipinski definition) is 2. The van der Waals surface area contributed by atoms with Gasteiger partial charge in [0.05, 0.1) is 5.56 Å². The van der Waals surface area contributed by atoms with E-state index in [1.54, 1.807) is 0 Å². The average molecular weight is 297 g/mol. The topological polar surface area (TPSA) is 16.1 Å². The van der Waals surface area contributed by atoms with Crippen LogP contribution < -0.4 is 4.90 Å². The molecule has 16 heavy (non-hydrogen) atoms. The predicted octanol–water partition coefficient (Wildman–Crippen LogP) is 3.32. The summed E-state index contributed by atoms with van der Waals surface area (Å²) in [5.41, 5.74) is -0.717. The molecule has 0 aromatic carbocycles. The van der Waals surface area contributed by atoms with Crippen molar-refractivity contribution >= 4 is 21.7 Å². The number of nitrogens with zero attached hydrogens (tertiary/aromatic N) is 2. The molecular formula is C10H12BrF3N2. The smallest absolute Gasteiger partial charge is 0.356 e. The molecule has 0 aliphatic carbocycles. The van der Waals surface area contributed by atoms with E-state index in [1.807, 2.05) is 11.8 Å². The lowest BCUT2D eigenvalue weighted by molar-refractivity contribution is -0.137. The van der Waals surface area contributed by atoms with Gasteiger partial charge in [0, 0.05) is 24.6 Å². The molecule has 0 bridgehead atoms. The van der Waals surface area contributed by atoms with Crippen LogP contribution >= 0.6 is 15.9 Å². The standard InChI is InChI=1S/C10H12BrF3N2/c1-2-16(6-5-11)9-4-3-8(7-15-9)10(12,13)14/h3-4,7H,2,5-6H2,1H3. The van der Waals surface area contributed by atoms with Crippen LogP contribution in [-0.4, -0.2) is 23.4 Å². The van der Waals surface area contributed by atoms with Gasteiger partial charge in [-0.25, -0.2) is 4.98 Å². The first-order valence-electron chi connectivity index (χ1n) is 4.83. The SMILES string of the molecule is CCN(CCBr)c1ccc(C(F)(F)F)cn1. The predicted molar refractivity (Wildman–Crippen MR) is 60.9 cm³/mol. The van der Waals surface area contributed by atoms with Crippen molar-refractivity contribution < 1.29 is 13.2 Å². The first-order valence-corrected chi connectivity index (χ1v) is 5.95. The summed E-state index contributed by atoms with van der Waals surface area (Å²) in [7, 11) is 0. The zero-order chi connectivity index (χ0) is 12.2. The Balaban J connectivity index is 2.85. The molecule has 6 heteroatoms. The monoisotopic (exact) mass is 296 g/mol. The van der Waals surface area contributed by atoms with Crippen LogP contribution in [0.25, 0.3) is 0 Å². The highest BCUT2D eigenvalue weighted by Gasteiger charge is 2.30. The molecule has 1 aromatic rings. The van der Waals surface area contributed by atoms with Crippen molar-refractivity contribution in [1.29, 1.82) is 0 Å². The van der Waals surface area contributed by atoms with Crippen LogP contribution in [0.5, 0.6) is 0 Å². The Bertz CT molecular complexity index is 324. The second-order valence-electron chi connectivity index (χ2n) is 3.17. The van der Waals surface area contributed by atoms with Crippen molar-refractivity contribution in [2.24, 2.45) is 0 Å². The average Bonchev–Trinajstić information content (AvgIpc) is 2.25. The molecule has 0 unspecified atom stereocenters. The van der Waals surface area contributed by atoms with Gasteiger partial charge in [-0.3, -0.25) is 0 Å². The summed E-state index contributed by atoms with van der Waals surface area (Å²) >= 11 is 3.28. The zero-order valence-corrected chi connectivity index (χ0v) is 10.3. The van der Waals surface area contributed by atoms with E-state index in [1.165, 1.54) is 6.07 Å². The van der Waals surface area contributed by atoms with Gasteiger partial charge in [0.1, 0.15) is 5.82 Å². The zero-order valence-electron chi connectivity index (χ0n) is 8.76. The molecule has 0 aliphatic rings. The minimum atomic E-state index is -4.32. The fourth-order valence-electron chi connectivity index (χ4n) is 1.28. The first kappa shape index (κ1) is 13.3. The third-order valence-electron chi connectivity index (χ3n) is 2.14. The summed E-state index contributed by atoms with van der Waals surface area (Å²) in [5, 5.41) is 0.754. The summed E-state index contributed by atoms with van der Waals surface area (Å²) in [6, 6.07) is 2.45. The maximum atomic E-state index is 12.3. The van der Waals surface area contributed by atoms with Gasteiger partial charge >= 0.3 is 6.18 Å². The van der Waals surface area contributed by atoms with Crippen molar-refractivity contribution in [3.8, 4) is 0 Å². The van der Waals surface area contributed by atoms with Crippen LogP contribution in [0, 0.1) is 0 Å². The van der Waals surface area contributed by atoms with Crippen LogP contribution in [0.3, 0.4) is 0 Å². The maximum absolute atomic E-state index is 12.3. The van der Waals surface area contributed by atoms with E-state index in [2.05, 4.69) is 20.9 Å². The number of rotatable bonds is 4. The first-order chi connectivity index (χ1) is 7.49. The minimum absolute atomic E-state index is 0.565. The molecule has 0 N–H and O–H groups in total. The van der Waals surface area contributed by atoms with Crippen LogP contribution in [0.15, 0.2) is 18.3 Å². The molecule has 90 valence electrons. The number of aromatic nitrogens is 1. The molecule has 1 rings (SSSR count). The molecule has 1 heterocycles. The highest BCUT2D eigenvalue weighted by Crippen LogP contribution is 2.29. The third-order valence-corrected chi connectivity index (χ3v) is 2.49. The lowest BCUT2D eigenvalue weighted by Gasteiger charge is -2.20. The Morgan fingerprint density at radius 2 is 2.06 bits per heavy atom. The second kappa shape index (κ2) is 5.52. The van der Waals surface area contributed by atoms with Crippen molar-refractivity contribution in [1.82, 2.24) is 4.98 Å². The van der Waals surface area contributed by atoms with Gasteiger partial charge in [-0.05, 0) is 19.1 Å². The molecule has 0 atom stereocenters. The summed E-state index contributed by atoms with van der Waals surface area (Å²) in [6.07, 6.45) is -3.45. The molecule has 0 aliphatic heterocycles. The van der Waals surface area contributed by atoms with E-state index in [4.69, 9.17) is 0 Å². The van der Waals surface area contributed by atoms with Crippen molar-refractivity contribution in [2.75, 3.05) is 23.3 Å². The molecule has 0 spiro atoms. The van der Waals surface area contributed by atoms with Gasteiger partial charge in [-0.15, -0.1) is 0 Å². The quantitative estimate of drug-likeness (QED) is 0.793. The Morgan fingerprint density at radius 3 is 2.44 bits per heavy atom. The third kappa shape index (κ3) is 3.37. The highest BCUT2D eigenvalue weighted by molar-refractivity contribution is 9.09. The molecule has 0 saturated carbocycles. The highest BCUT2D eigenvalue weighted by atomic mass is 79.9. The van der Waals surface area contributed by atoms with E-state index >= 15 is 0 Å². The summed E-state index contributed by atoms with van der Waals surface area (Å²) < 4.78 is 36.9. The van der Waals surface area contributed by atoms with Gasteiger partial charge in [-0.1, -0.05) is 15.9 Å². The summed E-state index contributed by atoms with van der Waals surface area (Å²) in [6.45, 7) is 3.36. The van der Waals surface area contributed by atoms with Crippen molar-refractivity contribution in [2.45, 2.75) is 13.1 Å². The van der Waals surface area contributed by atoms with Gasteiger partial charge in [0.15, 0.2) is 0 Å². The van der Waals surface area contributed by atoms with E-state index in [-0.39, 0.29) is 0 Å². The van der Waals surface area contributed by atoms with Crippen LogP contribution in [-0.2, 0) is 6.18 Å². The maximum Gasteiger partial charge on any atom is 0.417 e. The van der Waals surface area contributed by atoms with Crippen LogP contribution in [0.4, 0.5) is 19.0 Å². The van der Waals surface area contributed by atoms with Gasteiger partial charge < -0.3 is 4.90 Å². The van der Waals surface area contributed by atoms with Crippen molar-refractivity contribution in [3.63, 3.8) is 0 Å². The fraction of sp³-hybridized carbons (Fsp3) is 0.500.